The van der Waals surface area contributed by atoms with E-state index in [4.69, 9.17) is 0 Å². The van der Waals surface area contributed by atoms with Gasteiger partial charge in [-0.05, 0) is 48.5 Å². The van der Waals surface area contributed by atoms with Crippen LogP contribution in [0.1, 0.15) is 11.1 Å². The second-order valence-electron chi connectivity index (χ2n) is 6.86. The molecule has 3 aromatic carbocycles. The molecule has 0 atom stereocenters. The van der Waals surface area contributed by atoms with Crippen LogP contribution in [-0.4, -0.2) is 35.4 Å². The van der Waals surface area contributed by atoms with Crippen molar-refractivity contribution in [3.05, 3.63) is 86.8 Å². The molecule has 1 aliphatic heterocycles. The molecule has 0 radical (unpaired) electrons. The minimum Gasteiger partial charge on any atom is -0.507 e. The third-order valence-corrected chi connectivity index (χ3v) is 5.64. The molecule has 2 amide bonds. The van der Waals surface area contributed by atoms with E-state index < -0.39 is 5.91 Å². The van der Waals surface area contributed by atoms with Crippen LogP contribution in [0.4, 0.5) is 11.4 Å². The number of phenols is 1. The molecule has 7 nitrogen and oxygen atoms in total. The third kappa shape index (κ3) is 4.79. The molecule has 0 aliphatic carbocycles. The largest absolute Gasteiger partial charge is 0.507 e. The summed E-state index contributed by atoms with van der Waals surface area (Å²) in [5.74, 6) is -0.726. The second kappa shape index (κ2) is 9.46. The van der Waals surface area contributed by atoms with Crippen molar-refractivity contribution < 1.29 is 14.7 Å². The number of hydrogen-bond acceptors (Lipinski definition) is 5. The quantitative estimate of drug-likeness (QED) is 0.352. The van der Waals surface area contributed by atoms with E-state index in [9.17, 15) is 14.7 Å². The Morgan fingerprint density at radius 2 is 1.75 bits per heavy atom. The number of aromatic hydroxyl groups is 1. The van der Waals surface area contributed by atoms with Gasteiger partial charge in [0.2, 0.25) is 5.91 Å². The molecule has 0 unspecified atom stereocenters. The molecule has 160 valence electrons. The minimum absolute atomic E-state index is 0.0391. The Balaban J connectivity index is 1.60. The lowest BCUT2D eigenvalue weighted by atomic mass is 10.1. The zero-order valence-electron chi connectivity index (χ0n) is 16.5. The number of carbonyl (C=O) groups is 2. The van der Waals surface area contributed by atoms with Crippen molar-refractivity contribution in [2.24, 2.45) is 10.2 Å². The van der Waals surface area contributed by atoms with Gasteiger partial charge in [-0.2, -0.15) is 5.10 Å². The topological polar surface area (TPSA) is 94.4 Å². The number of halogens is 2. The third-order valence-electron chi connectivity index (χ3n) is 4.66. The first-order chi connectivity index (χ1) is 15.4. The molecule has 0 aromatic heterocycles. The monoisotopic (exact) mass is 554 g/mol. The Bertz CT molecular complexity index is 1260. The number of fused-ring (bicyclic) bond motifs is 1. The van der Waals surface area contributed by atoms with Gasteiger partial charge in [-0.25, -0.2) is 0 Å². The van der Waals surface area contributed by atoms with E-state index >= 15 is 0 Å². The normalized spacial score (nSPS) is 14.2. The number of rotatable bonds is 5. The molecule has 0 fully saturated rings. The highest BCUT2D eigenvalue weighted by Crippen LogP contribution is 2.32. The molecular formula is C23H16Br2N4O3. The van der Waals surface area contributed by atoms with Crippen LogP contribution in [0, 0.1) is 0 Å². The van der Waals surface area contributed by atoms with Gasteiger partial charge in [0.05, 0.1) is 11.9 Å². The van der Waals surface area contributed by atoms with Crippen molar-refractivity contribution in [1.82, 2.24) is 0 Å². The zero-order chi connectivity index (χ0) is 22.7. The number of para-hydroxylation sites is 1. The summed E-state index contributed by atoms with van der Waals surface area (Å²) in [6.45, 7) is -0.169. The Kier molecular flexibility index (Phi) is 6.48. The highest BCUT2D eigenvalue weighted by molar-refractivity contribution is 9.10. The Labute approximate surface area is 200 Å². The lowest BCUT2D eigenvalue weighted by molar-refractivity contribution is -0.118. The van der Waals surface area contributed by atoms with Crippen LogP contribution in [0.5, 0.6) is 5.75 Å². The molecule has 0 saturated heterocycles. The van der Waals surface area contributed by atoms with Crippen LogP contribution in [-0.2, 0) is 9.59 Å². The average Bonchev–Trinajstić information content (AvgIpc) is 3.02. The molecule has 0 saturated carbocycles. The van der Waals surface area contributed by atoms with Gasteiger partial charge in [-0.15, -0.1) is 5.10 Å². The maximum Gasteiger partial charge on any atom is 0.279 e. The van der Waals surface area contributed by atoms with Crippen LogP contribution in [0.25, 0.3) is 0 Å². The molecule has 0 bridgehead atoms. The number of carbonyl (C=O) groups excluding carboxylic acids is 2. The van der Waals surface area contributed by atoms with Gasteiger partial charge in [-0.1, -0.05) is 50.1 Å². The lowest BCUT2D eigenvalue weighted by Crippen LogP contribution is -2.37. The fraction of sp³-hybridized carbons (Fsp3) is 0.0435. The van der Waals surface area contributed by atoms with Gasteiger partial charge in [0.25, 0.3) is 5.91 Å². The maximum atomic E-state index is 13.1. The fourth-order valence-electron chi connectivity index (χ4n) is 3.18. The summed E-state index contributed by atoms with van der Waals surface area (Å²) in [6, 6.07) is 19.2. The number of nitrogens with one attached hydrogen (secondary N) is 1. The SMILES string of the molecule is O=C(CN1C(=O)C(=NN=Cc2cc(Br)ccc2O)c2cc(Br)ccc21)Nc1ccccc1. The molecule has 4 rings (SSSR count). The highest BCUT2D eigenvalue weighted by atomic mass is 79.9. The van der Waals surface area contributed by atoms with Crippen molar-refractivity contribution in [3.63, 3.8) is 0 Å². The zero-order valence-corrected chi connectivity index (χ0v) is 19.7. The van der Waals surface area contributed by atoms with E-state index in [1.54, 1.807) is 42.5 Å². The summed E-state index contributed by atoms with van der Waals surface area (Å²) >= 11 is 6.74. The number of hydrogen-bond donors (Lipinski definition) is 2. The molecule has 2 N–H and O–H groups in total. The van der Waals surface area contributed by atoms with Gasteiger partial charge in [0.1, 0.15) is 12.3 Å². The first kappa shape index (κ1) is 21.9. The Morgan fingerprint density at radius 3 is 2.53 bits per heavy atom. The standard InChI is InChI=1S/C23H16Br2N4O3/c24-15-7-9-20(30)14(10-15)12-26-28-22-18-11-16(25)6-8-19(18)29(23(22)32)13-21(31)27-17-4-2-1-3-5-17/h1-12,30H,13H2,(H,27,31). The fourth-order valence-corrected chi connectivity index (χ4v) is 3.92. The lowest BCUT2D eigenvalue weighted by Gasteiger charge is -2.16. The summed E-state index contributed by atoms with van der Waals surface area (Å²) < 4.78 is 1.53. The van der Waals surface area contributed by atoms with E-state index in [-0.39, 0.29) is 23.9 Å². The average molecular weight is 556 g/mol. The molecule has 0 spiro atoms. The summed E-state index contributed by atoms with van der Waals surface area (Å²) in [6.07, 6.45) is 1.36. The Morgan fingerprint density at radius 1 is 1.03 bits per heavy atom. The van der Waals surface area contributed by atoms with Crippen LogP contribution in [0.2, 0.25) is 0 Å². The molecule has 32 heavy (non-hydrogen) atoms. The molecule has 1 aliphatic rings. The summed E-state index contributed by atoms with van der Waals surface area (Å²) in [4.78, 5) is 27.0. The van der Waals surface area contributed by atoms with Gasteiger partial charge in [-0.3, -0.25) is 14.5 Å². The van der Waals surface area contributed by atoms with Crippen molar-refractivity contribution in [2.45, 2.75) is 0 Å². The molecule has 9 heteroatoms. The van der Waals surface area contributed by atoms with Crippen LogP contribution >= 0.6 is 31.9 Å². The first-order valence-corrected chi connectivity index (χ1v) is 11.1. The van der Waals surface area contributed by atoms with E-state index in [1.807, 2.05) is 18.2 Å². The highest BCUT2D eigenvalue weighted by Gasteiger charge is 2.35. The van der Waals surface area contributed by atoms with Gasteiger partial charge in [0, 0.05) is 25.8 Å². The molecule has 3 aromatic rings. The summed E-state index contributed by atoms with van der Waals surface area (Å²) in [7, 11) is 0. The van der Waals surface area contributed by atoms with Gasteiger partial charge in [0.15, 0.2) is 5.71 Å². The van der Waals surface area contributed by atoms with E-state index in [2.05, 4.69) is 47.4 Å². The predicted octanol–water partition coefficient (Wildman–Crippen LogP) is 4.73. The Hall–Kier alpha value is -3.30. The predicted molar refractivity (Wildman–Crippen MR) is 132 cm³/mol. The van der Waals surface area contributed by atoms with Crippen molar-refractivity contribution >= 4 is 67.0 Å². The summed E-state index contributed by atoms with van der Waals surface area (Å²) in [5, 5.41) is 20.8. The van der Waals surface area contributed by atoms with Crippen LogP contribution < -0.4 is 10.2 Å². The summed E-state index contributed by atoms with van der Waals surface area (Å²) in [5.41, 5.74) is 2.34. The number of anilines is 2. The first-order valence-electron chi connectivity index (χ1n) is 9.48. The number of amides is 2. The van der Waals surface area contributed by atoms with E-state index in [0.29, 0.717) is 22.5 Å². The van der Waals surface area contributed by atoms with Crippen molar-refractivity contribution in [2.75, 3.05) is 16.8 Å². The van der Waals surface area contributed by atoms with Crippen molar-refractivity contribution in [3.8, 4) is 5.75 Å². The minimum atomic E-state index is -0.433. The van der Waals surface area contributed by atoms with Crippen molar-refractivity contribution in [1.29, 1.82) is 0 Å². The molecular weight excluding hydrogens is 540 g/mol. The van der Waals surface area contributed by atoms with Gasteiger partial charge >= 0.3 is 0 Å². The second-order valence-corrected chi connectivity index (χ2v) is 8.69. The van der Waals surface area contributed by atoms with Crippen LogP contribution in [0.3, 0.4) is 0 Å². The van der Waals surface area contributed by atoms with E-state index in [1.165, 1.54) is 17.2 Å². The number of nitrogens with zero attached hydrogens (tertiary/aromatic N) is 3. The van der Waals surface area contributed by atoms with Gasteiger partial charge < -0.3 is 10.4 Å². The number of phenolic OH excluding ortho intramolecular Hbond substituents is 1. The van der Waals surface area contributed by atoms with E-state index in [0.717, 1.165) is 8.95 Å². The van der Waals surface area contributed by atoms with Crippen LogP contribution in [0.15, 0.2) is 85.9 Å². The maximum absolute atomic E-state index is 13.1. The number of benzene rings is 3. The molecule has 1 heterocycles. The smallest absolute Gasteiger partial charge is 0.279 e.